The van der Waals surface area contributed by atoms with Gasteiger partial charge in [-0.3, -0.25) is 0 Å². The van der Waals surface area contributed by atoms with Crippen LogP contribution in [-0.2, 0) is 0 Å². The van der Waals surface area contributed by atoms with Gasteiger partial charge in [-0.15, -0.1) is 11.3 Å². The average Bonchev–Trinajstić information content (AvgIpc) is 3.98. The van der Waals surface area contributed by atoms with E-state index in [1.54, 1.807) is 11.3 Å². The van der Waals surface area contributed by atoms with E-state index in [9.17, 15) is 0 Å². The molecule has 8 heteroatoms. The van der Waals surface area contributed by atoms with Crippen molar-refractivity contribution < 1.29 is 8.83 Å². The van der Waals surface area contributed by atoms with Crippen molar-refractivity contribution in [1.29, 1.82) is 0 Å². The summed E-state index contributed by atoms with van der Waals surface area (Å²) in [6.45, 7) is 0. The molecule has 0 saturated carbocycles. The van der Waals surface area contributed by atoms with E-state index in [1.165, 1.54) is 0 Å². The molecule has 0 aliphatic carbocycles. The number of rotatable bonds is 5. The minimum atomic E-state index is 0.572. The molecule has 0 fully saturated rings. The van der Waals surface area contributed by atoms with Gasteiger partial charge in [-0.2, -0.15) is 0 Å². The lowest BCUT2D eigenvalue weighted by molar-refractivity contribution is 0.669. The van der Waals surface area contributed by atoms with Crippen LogP contribution in [-0.4, -0.2) is 24.9 Å². The molecule has 0 unspecified atom stereocenters. The first kappa shape index (κ1) is 31.8. The zero-order valence-electron chi connectivity index (χ0n) is 30.0. The molecule has 0 radical (unpaired) electrons. The second-order valence-electron chi connectivity index (χ2n) is 14.0. The largest absolute Gasteiger partial charge is 0.456 e. The topological polar surface area (TPSA) is 90.7 Å². The number of furan rings is 2. The fourth-order valence-electron chi connectivity index (χ4n) is 7.92. The Morgan fingerprint density at radius 3 is 1.82 bits per heavy atom. The molecule has 57 heavy (non-hydrogen) atoms. The fraction of sp³-hybridized carbons (Fsp3) is 0. The van der Waals surface area contributed by atoms with Crippen molar-refractivity contribution >= 4 is 75.5 Å². The van der Waals surface area contributed by atoms with Crippen LogP contribution in [0.4, 0.5) is 0 Å². The van der Waals surface area contributed by atoms with Crippen molar-refractivity contribution in [2.24, 2.45) is 0 Å². The molecular formula is C49H27N5O2S. The van der Waals surface area contributed by atoms with Crippen molar-refractivity contribution in [3.05, 3.63) is 164 Å². The van der Waals surface area contributed by atoms with Crippen LogP contribution in [0.5, 0.6) is 0 Å². The number of benzene rings is 7. The molecule has 0 N–H and O–H groups in total. The Labute approximate surface area is 328 Å². The van der Waals surface area contributed by atoms with Crippen LogP contribution < -0.4 is 0 Å². The summed E-state index contributed by atoms with van der Waals surface area (Å²) < 4.78 is 15.3. The number of hydrogen-bond acceptors (Lipinski definition) is 8. The highest BCUT2D eigenvalue weighted by Gasteiger charge is 2.22. The van der Waals surface area contributed by atoms with Gasteiger partial charge in [0.05, 0.1) is 15.9 Å². The molecule has 266 valence electrons. The molecule has 5 aromatic heterocycles. The smallest absolute Gasteiger partial charge is 0.164 e. The third-order valence-electron chi connectivity index (χ3n) is 10.6. The molecule has 0 atom stereocenters. The predicted molar refractivity (Wildman–Crippen MR) is 230 cm³/mol. The lowest BCUT2D eigenvalue weighted by atomic mass is 10.0. The number of para-hydroxylation sites is 2. The molecule has 0 saturated heterocycles. The normalized spacial score (nSPS) is 11.9. The lowest BCUT2D eigenvalue weighted by Crippen LogP contribution is -2.00. The van der Waals surface area contributed by atoms with E-state index < -0.39 is 0 Å². The summed E-state index contributed by atoms with van der Waals surface area (Å²) in [6.07, 6.45) is 0. The van der Waals surface area contributed by atoms with Gasteiger partial charge in [0, 0.05) is 59.4 Å². The number of thiophene rings is 1. The Bertz CT molecular complexity index is 3480. The summed E-state index contributed by atoms with van der Waals surface area (Å²) in [5.41, 5.74) is 9.33. The third-order valence-corrected chi connectivity index (χ3v) is 11.7. The average molecular weight is 750 g/mol. The molecular weight excluding hydrogens is 723 g/mol. The Hall–Kier alpha value is -7.55. The van der Waals surface area contributed by atoms with Gasteiger partial charge in [-0.05, 0) is 36.4 Å². The maximum atomic E-state index is 6.62. The summed E-state index contributed by atoms with van der Waals surface area (Å²) in [7, 11) is 0. The number of nitrogens with zero attached hydrogens (tertiary/aromatic N) is 5. The number of aromatic nitrogens is 5. The summed E-state index contributed by atoms with van der Waals surface area (Å²) in [6, 6.07) is 55.1. The molecule has 0 amide bonds. The first-order chi connectivity index (χ1) is 28.2. The number of hydrogen-bond donors (Lipinski definition) is 0. The Morgan fingerprint density at radius 2 is 1.02 bits per heavy atom. The lowest BCUT2D eigenvalue weighted by Gasteiger charge is -2.09. The first-order valence-corrected chi connectivity index (χ1v) is 19.5. The third kappa shape index (κ3) is 5.08. The van der Waals surface area contributed by atoms with Gasteiger partial charge in [-0.25, -0.2) is 24.9 Å². The zero-order valence-corrected chi connectivity index (χ0v) is 30.9. The molecule has 7 nitrogen and oxygen atoms in total. The van der Waals surface area contributed by atoms with Gasteiger partial charge < -0.3 is 8.83 Å². The van der Waals surface area contributed by atoms with Crippen LogP contribution in [0, 0.1) is 0 Å². The molecule has 5 heterocycles. The molecule has 0 aliphatic rings. The van der Waals surface area contributed by atoms with E-state index in [1.807, 2.05) is 103 Å². The van der Waals surface area contributed by atoms with E-state index in [-0.39, 0.29) is 0 Å². The Kier molecular flexibility index (Phi) is 6.96. The van der Waals surface area contributed by atoms with Crippen LogP contribution in [0.25, 0.3) is 121 Å². The van der Waals surface area contributed by atoms with Gasteiger partial charge >= 0.3 is 0 Å². The second-order valence-corrected chi connectivity index (χ2v) is 15.0. The minimum Gasteiger partial charge on any atom is -0.456 e. The highest BCUT2D eigenvalue weighted by atomic mass is 32.1. The second kappa shape index (κ2) is 12.5. The Balaban J connectivity index is 1.05. The van der Waals surface area contributed by atoms with E-state index in [2.05, 4.69) is 60.7 Å². The highest BCUT2D eigenvalue weighted by molar-refractivity contribution is 7.26. The van der Waals surface area contributed by atoms with Gasteiger partial charge in [0.2, 0.25) is 0 Å². The van der Waals surface area contributed by atoms with Crippen molar-refractivity contribution in [2.45, 2.75) is 0 Å². The Morgan fingerprint density at radius 1 is 0.386 bits per heavy atom. The maximum Gasteiger partial charge on any atom is 0.164 e. The van der Waals surface area contributed by atoms with Crippen LogP contribution >= 0.6 is 11.3 Å². The standard InChI is InChI=1S/C49H27N5O2S/c1-3-13-28(14-4-1)46-52-47(29-15-5-2-6-16-29)54-49(53-46)35-20-12-23-38-41(35)33-26-25-30(27-39(33)55-38)48-50-42-34-18-8-10-24-40(34)57-45(42)43(51-48)36-21-11-19-32-31-17-7-9-22-37(31)56-44(32)36/h1-27H. The monoisotopic (exact) mass is 749 g/mol. The highest BCUT2D eigenvalue weighted by Crippen LogP contribution is 2.44. The fourth-order valence-corrected chi connectivity index (χ4v) is 9.06. The minimum absolute atomic E-state index is 0.572. The van der Waals surface area contributed by atoms with E-state index >= 15 is 0 Å². The summed E-state index contributed by atoms with van der Waals surface area (Å²) in [4.78, 5) is 25.5. The van der Waals surface area contributed by atoms with E-state index in [0.717, 1.165) is 97.7 Å². The molecule has 0 spiro atoms. The van der Waals surface area contributed by atoms with Gasteiger partial charge in [-0.1, -0.05) is 127 Å². The molecule has 7 aromatic carbocycles. The number of fused-ring (bicyclic) bond motifs is 9. The molecule has 0 bridgehead atoms. The molecule has 12 aromatic rings. The quantitative estimate of drug-likeness (QED) is 0.173. The van der Waals surface area contributed by atoms with Crippen LogP contribution in [0.3, 0.4) is 0 Å². The van der Waals surface area contributed by atoms with Gasteiger partial charge in [0.25, 0.3) is 0 Å². The van der Waals surface area contributed by atoms with Crippen LogP contribution in [0.15, 0.2) is 173 Å². The van der Waals surface area contributed by atoms with Crippen LogP contribution in [0.1, 0.15) is 0 Å². The van der Waals surface area contributed by atoms with E-state index in [0.29, 0.717) is 23.3 Å². The predicted octanol–water partition coefficient (Wildman–Crippen LogP) is 13.2. The van der Waals surface area contributed by atoms with Gasteiger partial charge in [0.1, 0.15) is 22.3 Å². The summed E-state index contributed by atoms with van der Waals surface area (Å²) in [5.74, 6) is 2.39. The summed E-state index contributed by atoms with van der Waals surface area (Å²) >= 11 is 1.70. The van der Waals surface area contributed by atoms with Crippen molar-refractivity contribution in [3.63, 3.8) is 0 Å². The maximum absolute atomic E-state index is 6.62. The van der Waals surface area contributed by atoms with Crippen LogP contribution in [0.2, 0.25) is 0 Å². The molecule has 12 rings (SSSR count). The summed E-state index contributed by atoms with van der Waals surface area (Å²) in [5, 5.41) is 5.11. The molecule has 0 aliphatic heterocycles. The van der Waals surface area contributed by atoms with Gasteiger partial charge in [0.15, 0.2) is 23.3 Å². The first-order valence-electron chi connectivity index (χ1n) is 18.7. The van der Waals surface area contributed by atoms with Crippen molar-refractivity contribution in [3.8, 4) is 56.8 Å². The zero-order chi connectivity index (χ0) is 37.5. The van der Waals surface area contributed by atoms with Crippen molar-refractivity contribution in [1.82, 2.24) is 24.9 Å². The van der Waals surface area contributed by atoms with Crippen molar-refractivity contribution in [2.75, 3.05) is 0 Å². The van der Waals surface area contributed by atoms with E-state index in [4.69, 9.17) is 33.8 Å². The SMILES string of the molecule is c1ccc(-c2nc(-c3ccccc3)nc(-c3cccc4oc5cc(-c6nc(-c7cccc8c7oc7ccccc78)c7sc8ccccc8c7n6)ccc5c34)n2)cc1.